The fourth-order valence-electron chi connectivity index (χ4n) is 1.43. The highest BCUT2D eigenvalue weighted by Crippen LogP contribution is 2.12. The van der Waals surface area contributed by atoms with E-state index in [1.807, 2.05) is 6.92 Å². The van der Waals surface area contributed by atoms with Crippen molar-refractivity contribution in [3.63, 3.8) is 0 Å². The van der Waals surface area contributed by atoms with E-state index in [0.29, 0.717) is 19.5 Å². The summed E-state index contributed by atoms with van der Waals surface area (Å²) < 4.78 is 0. The predicted molar refractivity (Wildman–Crippen MR) is 59.6 cm³/mol. The van der Waals surface area contributed by atoms with Gasteiger partial charge in [0.2, 0.25) is 11.8 Å². The van der Waals surface area contributed by atoms with Gasteiger partial charge in [-0.15, -0.1) is 12.4 Å². The number of rotatable bonds is 3. The average molecular weight is 236 g/mol. The summed E-state index contributed by atoms with van der Waals surface area (Å²) in [5, 5.41) is 5.47. The van der Waals surface area contributed by atoms with Gasteiger partial charge in [0, 0.05) is 31.5 Å². The number of halogens is 1. The van der Waals surface area contributed by atoms with Crippen LogP contribution in [0.5, 0.6) is 0 Å². The molecule has 6 heteroatoms. The largest absolute Gasteiger partial charge is 0.356 e. The molecular weight excluding hydrogens is 218 g/mol. The van der Waals surface area contributed by atoms with Gasteiger partial charge in [-0.2, -0.15) is 0 Å². The molecular formula is C9H18ClN3O2. The molecule has 0 bridgehead atoms. The summed E-state index contributed by atoms with van der Waals surface area (Å²) in [7, 11) is 0. The molecule has 0 spiro atoms. The molecule has 2 amide bonds. The van der Waals surface area contributed by atoms with Crippen molar-refractivity contribution in [3.05, 3.63) is 0 Å². The first-order valence-electron chi connectivity index (χ1n) is 4.90. The highest BCUT2D eigenvalue weighted by atomic mass is 35.5. The number of carbonyl (C=O) groups is 2. The third kappa shape index (κ3) is 4.48. The fraction of sp³-hybridized carbons (Fsp3) is 0.778. The fourth-order valence-corrected chi connectivity index (χ4v) is 1.43. The van der Waals surface area contributed by atoms with Gasteiger partial charge >= 0.3 is 0 Å². The van der Waals surface area contributed by atoms with E-state index in [1.165, 1.54) is 0 Å². The van der Waals surface area contributed by atoms with Crippen LogP contribution in [0.2, 0.25) is 0 Å². The van der Waals surface area contributed by atoms with Crippen molar-refractivity contribution in [2.45, 2.75) is 25.8 Å². The van der Waals surface area contributed by atoms with Crippen molar-refractivity contribution < 1.29 is 9.59 Å². The van der Waals surface area contributed by atoms with Gasteiger partial charge in [-0.05, 0) is 13.3 Å². The third-order valence-corrected chi connectivity index (χ3v) is 2.36. The van der Waals surface area contributed by atoms with Crippen molar-refractivity contribution >= 4 is 24.2 Å². The van der Waals surface area contributed by atoms with E-state index < -0.39 is 0 Å². The van der Waals surface area contributed by atoms with E-state index >= 15 is 0 Å². The molecule has 0 aliphatic carbocycles. The highest BCUT2D eigenvalue weighted by Gasteiger charge is 2.25. The Morgan fingerprint density at radius 3 is 2.93 bits per heavy atom. The number of nitrogens with two attached hydrogens (primary N) is 1. The van der Waals surface area contributed by atoms with Crippen LogP contribution < -0.4 is 16.4 Å². The second-order valence-electron chi connectivity index (χ2n) is 3.69. The maximum atomic E-state index is 11.6. The van der Waals surface area contributed by atoms with Crippen LogP contribution >= 0.6 is 12.4 Å². The molecule has 15 heavy (non-hydrogen) atoms. The Kier molecular flexibility index (Phi) is 6.27. The third-order valence-electron chi connectivity index (χ3n) is 2.36. The molecule has 1 heterocycles. The lowest BCUT2D eigenvalue weighted by Gasteiger charge is -2.22. The van der Waals surface area contributed by atoms with Crippen LogP contribution in [0.25, 0.3) is 0 Å². The molecule has 0 aromatic heterocycles. The Labute approximate surface area is 95.6 Å². The smallest absolute Gasteiger partial charge is 0.223 e. The molecule has 0 radical (unpaired) electrons. The Bertz CT molecular complexity index is 235. The predicted octanol–water partition coefficient (Wildman–Crippen LogP) is -0.602. The summed E-state index contributed by atoms with van der Waals surface area (Å²) in [6, 6.07) is -0.0208. The normalized spacial score (nSPS) is 22.3. The van der Waals surface area contributed by atoms with Crippen LogP contribution in [0, 0.1) is 5.92 Å². The first-order chi connectivity index (χ1) is 6.63. The highest BCUT2D eigenvalue weighted by molar-refractivity contribution is 5.87. The van der Waals surface area contributed by atoms with Gasteiger partial charge < -0.3 is 16.4 Å². The second kappa shape index (κ2) is 6.63. The number of carbonyl (C=O) groups excluding carboxylic acids is 2. The van der Waals surface area contributed by atoms with Gasteiger partial charge in [0.25, 0.3) is 0 Å². The number of piperidine rings is 1. The minimum absolute atomic E-state index is 0. The Balaban J connectivity index is 0.00000196. The van der Waals surface area contributed by atoms with Crippen molar-refractivity contribution in [1.82, 2.24) is 10.6 Å². The zero-order chi connectivity index (χ0) is 10.6. The molecule has 0 aromatic carbocycles. The average Bonchev–Trinajstić information content (AvgIpc) is 2.17. The van der Waals surface area contributed by atoms with Crippen molar-refractivity contribution in [1.29, 1.82) is 0 Å². The molecule has 5 nitrogen and oxygen atoms in total. The van der Waals surface area contributed by atoms with Gasteiger partial charge in [0.05, 0.1) is 0 Å². The molecule has 4 N–H and O–H groups in total. The van der Waals surface area contributed by atoms with E-state index in [-0.39, 0.29) is 36.2 Å². The molecule has 1 aliphatic heterocycles. The Hall–Kier alpha value is -0.810. The summed E-state index contributed by atoms with van der Waals surface area (Å²) in [6.45, 7) is 2.86. The van der Waals surface area contributed by atoms with Crippen LogP contribution in [0.3, 0.4) is 0 Å². The summed E-state index contributed by atoms with van der Waals surface area (Å²) >= 11 is 0. The van der Waals surface area contributed by atoms with Crippen molar-refractivity contribution in [3.8, 4) is 0 Å². The lowest BCUT2D eigenvalue weighted by molar-refractivity contribution is -0.132. The van der Waals surface area contributed by atoms with Crippen LogP contribution in [0.15, 0.2) is 0 Å². The summed E-state index contributed by atoms with van der Waals surface area (Å²) in [5.74, 6) is -0.285. The molecule has 1 aliphatic rings. The van der Waals surface area contributed by atoms with Gasteiger partial charge in [-0.25, -0.2) is 0 Å². The number of amides is 2. The molecule has 88 valence electrons. The molecule has 2 atom stereocenters. The molecule has 0 saturated carbocycles. The molecule has 1 unspecified atom stereocenters. The van der Waals surface area contributed by atoms with E-state index in [0.717, 1.165) is 6.42 Å². The quantitative estimate of drug-likeness (QED) is 0.611. The van der Waals surface area contributed by atoms with E-state index in [1.54, 1.807) is 0 Å². The Morgan fingerprint density at radius 1 is 1.73 bits per heavy atom. The van der Waals surface area contributed by atoms with Gasteiger partial charge in [0.1, 0.15) is 0 Å². The second-order valence-corrected chi connectivity index (χ2v) is 3.69. The van der Waals surface area contributed by atoms with Crippen molar-refractivity contribution in [2.75, 3.05) is 13.1 Å². The molecule has 1 saturated heterocycles. The van der Waals surface area contributed by atoms with E-state index in [9.17, 15) is 9.59 Å². The van der Waals surface area contributed by atoms with Crippen LogP contribution in [0.1, 0.15) is 19.8 Å². The summed E-state index contributed by atoms with van der Waals surface area (Å²) in [5.41, 5.74) is 5.38. The lowest BCUT2D eigenvalue weighted by atomic mass is 9.96. The standard InChI is InChI=1S/C9H17N3O2.ClH/c1-6(5-10)12-9(14)7-2-3-11-8(13)4-7;/h6-7H,2-5,10H2,1H3,(H,11,13)(H,12,14);1H/t6-,7?;/m1./s1. The number of nitrogens with one attached hydrogen (secondary N) is 2. The first kappa shape index (κ1) is 14.2. The number of hydrogen-bond acceptors (Lipinski definition) is 3. The zero-order valence-electron chi connectivity index (χ0n) is 8.79. The molecule has 1 rings (SSSR count). The van der Waals surface area contributed by atoms with Gasteiger partial charge in [-0.1, -0.05) is 0 Å². The zero-order valence-corrected chi connectivity index (χ0v) is 9.60. The monoisotopic (exact) mass is 235 g/mol. The maximum Gasteiger partial charge on any atom is 0.223 e. The first-order valence-corrected chi connectivity index (χ1v) is 4.90. The number of hydrogen-bond donors (Lipinski definition) is 3. The van der Waals surface area contributed by atoms with Crippen LogP contribution in [-0.4, -0.2) is 30.9 Å². The van der Waals surface area contributed by atoms with E-state index in [4.69, 9.17) is 5.73 Å². The van der Waals surface area contributed by atoms with Crippen molar-refractivity contribution in [2.24, 2.45) is 11.7 Å². The minimum Gasteiger partial charge on any atom is -0.356 e. The lowest BCUT2D eigenvalue weighted by Crippen LogP contribution is -2.45. The minimum atomic E-state index is -0.183. The van der Waals surface area contributed by atoms with Crippen LogP contribution in [0.4, 0.5) is 0 Å². The van der Waals surface area contributed by atoms with Crippen LogP contribution in [-0.2, 0) is 9.59 Å². The maximum absolute atomic E-state index is 11.6. The SMILES string of the molecule is C[C@H](CN)NC(=O)C1CCNC(=O)C1.Cl. The molecule has 1 fully saturated rings. The topological polar surface area (TPSA) is 84.2 Å². The van der Waals surface area contributed by atoms with E-state index in [2.05, 4.69) is 10.6 Å². The summed E-state index contributed by atoms with van der Waals surface area (Å²) in [4.78, 5) is 22.6. The van der Waals surface area contributed by atoms with Gasteiger partial charge in [-0.3, -0.25) is 9.59 Å². The van der Waals surface area contributed by atoms with Gasteiger partial charge in [0.15, 0.2) is 0 Å². The molecule has 0 aromatic rings. The Morgan fingerprint density at radius 2 is 2.40 bits per heavy atom. The summed E-state index contributed by atoms with van der Waals surface area (Å²) in [6.07, 6.45) is 1.01.